The van der Waals surface area contributed by atoms with Crippen molar-refractivity contribution in [3.63, 3.8) is 0 Å². The van der Waals surface area contributed by atoms with Crippen molar-refractivity contribution in [2.24, 2.45) is 0 Å². The van der Waals surface area contributed by atoms with Crippen LogP contribution in [0.5, 0.6) is 0 Å². The van der Waals surface area contributed by atoms with Crippen molar-refractivity contribution in [3.05, 3.63) is 52.0 Å². The summed E-state index contributed by atoms with van der Waals surface area (Å²) in [6.07, 6.45) is 6.11. The van der Waals surface area contributed by atoms with Crippen LogP contribution in [0.25, 0.3) is 22.2 Å². The van der Waals surface area contributed by atoms with E-state index in [9.17, 15) is 5.26 Å². The molecule has 0 radical (unpaired) electrons. The first-order chi connectivity index (χ1) is 12.7. The molecule has 3 aromatic rings. The molecule has 1 aliphatic heterocycles. The normalized spacial score (nSPS) is 14.5. The lowest BCUT2D eigenvalue weighted by Crippen LogP contribution is -2.05. The predicted octanol–water partition coefficient (Wildman–Crippen LogP) is 4.85. The van der Waals surface area contributed by atoms with Crippen LogP contribution in [0.1, 0.15) is 36.6 Å². The van der Waals surface area contributed by atoms with Crippen molar-refractivity contribution in [2.45, 2.75) is 32.2 Å². The van der Waals surface area contributed by atoms with Crippen LogP contribution in [0, 0.1) is 11.3 Å². The van der Waals surface area contributed by atoms with Crippen molar-refractivity contribution in [3.8, 4) is 16.6 Å². The molecule has 0 fully saturated rings. The van der Waals surface area contributed by atoms with E-state index in [1.165, 1.54) is 17.8 Å². The highest BCUT2D eigenvalue weighted by molar-refractivity contribution is 7.13. The lowest BCUT2D eigenvalue weighted by molar-refractivity contribution is 0.627. The molecule has 0 saturated carbocycles. The fourth-order valence-electron chi connectivity index (χ4n) is 3.06. The van der Waals surface area contributed by atoms with Gasteiger partial charge in [-0.25, -0.2) is 4.98 Å². The minimum Gasteiger partial charge on any atom is -0.310 e. The Morgan fingerprint density at radius 2 is 2.04 bits per heavy atom. The maximum absolute atomic E-state index is 9.65. The number of fused-ring (bicyclic) bond motifs is 1. The molecule has 26 heavy (non-hydrogen) atoms. The van der Waals surface area contributed by atoms with E-state index in [0.29, 0.717) is 16.4 Å². The van der Waals surface area contributed by atoms with Gasteiger partial charge in [-0.1, -0.05) is 30.2 Å². The monoisotopic (exact) mass is 381 g/mol. The molecule has 7 heteroatoms. The van der Waals surface area contributed by atoms with E-state index >= 15 is 0 Å². The number of nitriles is 1. The molecule has 0 unspecified atom stereocenters. The summed E-state index contributed by atoms with van der Waals surface area (Å²) in [4.78, 5) is 4.63. The van der Waals surface area contributed by atoms with E-state index in [0.717, 1.165) is 47.9 Å². The van der Waals surface area contributed by atoms with Crippen LogP contribution in [0.3, 0.4) is 0 Å². The summed E-state index contributed by atoms with van der Waals surface area (Å²) in [5.41, 5.74) is 2.26. The second-order valence-electron chi connectivity index (χ2n) is 6.16. The van der Waals surface area contributed by atoms with Gasteiger partial charge in [-0.05, 0) is 31.1 Å². The van der Waals surface area contributed by atoms with Gasteiger partial charge in [0.2, 0.25) is 0 Å². The molecule has 1 aliphatic rings. The van der Waals surface area contributed by atoms with Crippen LogP contribution in [-0.4, -0.2) is 19.7 Å². The van der Waals surface area contributed by atoms with Crippen molar-refractivity contribution in [1.29, 1.82) is 5.26 Å². The molecule has 3 heterocycles. The van der Waals surface area contributed by atoms with E-state index in [1.807, 2.05) is 29.6 Å². The second kappa shape index (κ2) is 7.40. The van der Waals surface area contributed by atoms with Crippen LogP contribution in [0.15, 0.2) is 29.6 Å². The molecule has 0 N–H and O–H groups in total. The third-order valence-corrected chi connectivity index (χ3v) is 5.54. The van der Waals surface area contributed by atoms with E-state index in [2.05, 4.69) is 25.8 Å². The zero-order valence-electron chi connectivity index (χ0n) is 14.0. The zero-order chi connectivity index (χ0) is 17.9. The van der Waals surface area contributed by atoms with Gasteiger partial charge in [0.25, 0.3) is 0 Å². The summed E-state index contributed by atoms with van der Waals surface area (Å²) in [7, 11) is 0. The van der Waals surface area contributed by atoms with Crippen molar-refractivity contribution in [1.82, 2.24) is 19.7 Å². The Morgan fingerprint density at radius 3 is 2.85 bits per heavy atom. The van der Waals surface area contributed by atoms with Gasteiger partial charge >= 0.3 is 0 Å². The molecular weight excluding hydrogens is 366 g/mol. The first-order valence-electron chi connectivity index (χ1n) is 8.50. The number of nitrogens with zero attached hydrogens (tertiary/aromatic N) is 5. The maximum atomic E-state index is 9.65. The molecule has 0 atom stereocenters. The summed E-state index contributed by atoms with van der Waals surface area (Å²) in [6.45, 7) is 0.865. The number of rotatable bonds is 3. The minimum atomic E-state index is 0.499. The molecule has 0 amide bonds. The van der Waals surface area contributed by atoms with Gasteiger partial charge in [-0.3, -0.25) is 0 Å². The number of allylic oxidation sites excluding steroid dienone is 1. The molecular formula is C19H16ClN5S. The van der Waals surface area contributed by atoms with Crippen LogP contribution in [-0.2, 0) is 13.0 Å². The van der Waals surface area contributed by atoms with Gasteiger partial charge in [0.05, 0.1) is 11.3 Å². The van der Waals surface area contributed by atoms with Gasteiger partial charge in [0.1, 0.15) is 16.9 Å². The van der Waals surface area contributed by atoms with E-state index in [1.54, 1.807) is 6.08 Å². The topological polar surface area (TPSA) is 67.4 Å². The van der Waals surface area contributed by atoms with Crippen molar-refractivity contribution >= 4 is 34.6 Å². The number of halogens is 1. The molecule has 0 bridgehead atoms. The van der Waals surface area contributed by atoms with Gasteiger partial charge in [-0.15, -0.1) is 21.5 Å². The average molecular weight is 382 g/mol. The summed E-state index contributed by atoms with van der Waals surface area (Å²) in [5, 5.41) is 21.7. The zero-order valence-corrected chi connectivity index (χ0v) is 15.6. The molecule has 130 valence electrons. The Kier molecular flexibility index (Phi) is 4.83. The molecule has 0 saturated heterocycles. The average Bonchev–Trinajstić information content (AvgIpc) is 3.21. The largest absolute Gasteiger partial charge is 0.310 e. The number of thiazole rings is 1. The maximum Gasteiger partial charge on any atom is 0.174 e. The first kappa shape index (κ1) is 17.0. The van der Waals surface area contributed by atoms with Crippen LogP contribution in [0.2, 0.25) is 5.02 Å². The quantitative estimate of drug-likeness (QED) is 0.608. The Morgan fingerprint density at radius 1 is 1.19 bits per heavy atom. The Balaban J connectivity index is 1.66. The molecule has 5 nitrogen and oxygen atoms in total. The second-order valence-corrected chi connectivity index (χ2v) is 7.45. The Hall–Kier alpha value is -2.49. The van der Waals surface area contributed by atoms with Crippen molar-refractivity contribution < 1.29 is 0 Å². The van der Waals surface area contributed by atoms with Gasteiger partial charge in [0, 0.05) is 28.9 Å². The first-order valence-corrected chi connectivity index (χ1v) is 9.76. The third kappa shape index (κ3) is 3.41. The van der Waals surface area contributed by atoms with Gasteiger partial charge in [-0.2, -0.15) is 5.26 Å². The van der Waals surface area contributed by atoms with Crippen LogP contribution in [0.4, 0.5) is 0 Å². The van der Waals surface area contributed by atoms with Crippen LogP contribution < -0.4 is 0 Å². The summed E-state index contributed by atoms with van der Waals surface area (Å²) < 4.78 is 2.08. The Labute approximate surface area is 160 Å². The number of hydrogen-bond donors (Lipinski definition) is 0. The minimum absolute atomic E-state index is 0.499. The predicted molar refractivity (Wildman–Crippen MR) is 104 cm³/mol. The fourth-order valence-corrected chi connectivity index (χ4v) is 3.97. The summed E-state index contributed by atoms with van der Waals surface area (Å²) in [6, 6.07) is 9.84. The lowest BCUT2D eigenvalue weighted by Gasteiger charge is -2.05. The summed E-state index contributed by atoms with van der Waals surface area (Å²) in [5.74, 6) is 1.62. The molecule has 0 aliphatic carbocycles. The molecule has 4 rings (SSSR count). The number of aryl methyl sites for hydroxylation is 1. The molecule has 0 spiro atoms. The van der Waals surface area contributed by atoms with Gasteiger partial charge < -0.3 is 4.57 Å². The highest BCUT2D eigenvalue weighted by atomic mass is 35.5. The van der Waals surface area contributed by atoms with E-state index in [-0.39, 0.29) is 0 Å². The number of hydrogen-bond acceptors (Lipinski definition) is 5. The Bertz CT molecular complexity index is 994. The summed E-state index contributed by atoms with van der Waals surface area (Å²) >= 11 is 7.48. The van der Waals surface area contributed by atoms with E-state index in [4.69, 9.17) is 11.6 Å². The highest BCUT2D eigenvalue weighted by Gasteiger charge is 2.18. The number of aromatic nitrogens is 4. The van der Waals surface area contributed by atoms with E-state index < -0.39 is 0 Å². The highest BCUT2D eigenvalue weighted by Crippen LogP contribution is 2.27. The SMILES string of the molecule is N#C/C(=C\c1csc(-c2ccc(Cl)cc2)n1)c1nnc2n1CCCCC2. The molecule has 1 aromatic carbocycles. The van der Waals surface area contributed by atoms with Crippen LogP contribution >= 0.6 is 22.9 Å². The molecule has 2 aromatic heterocycles. The fraction of sp³-hybridized carbons (Fsp3) is 0.263. The van der Waals surface area contributed by atoms with Gasteiger partial charge in [0.15, 0.2) is 5.82 Å². The van der Waals surface area contributed by atoms with Crippen molar-refractivity contribution in [2.75, 3.05) is 0 Å². The lowest BCUT2D eigenvalue weighted by atomic mass is 10.2. The number of benzene rings is 1. The third-order valence-electron chi connectivity index (χ3n) is 4.38. The standard InChI is InChI=1S/C19H16ClN5S/c20-15-7-5-13(6-8-15)19-22-16(12-26-19)10-14(11-21)18-24-23-17-4-2-1-3-9-25(17)18/h5-8,10,12H,1-4,9H2/b14-10+. The smallest absolute Gasteiger partial charge is 0.174 e.